The Morgan fingerprint density at radius 3 is 2.50 bits per heavy atom. The molecular formula is C10H21NO. The van der Waals surface area contributed by atoms with Crippen LogP contribution in [0.4, 0.5) is 0 Å². The predicted molar refractivity (Wildman–Crippen MR) is 51.1 cm³/mol. The van der Waals surface area contributed by atoms with Gasteiger partial charge in [-0.3, -0.25) is 0 Å². The molecule has 1 fully saturated rings. The second-order valence-electron chi connectivity index (χ2n) is 4.16. The van der Waals surface area contributed by atoms with Crippen LogP contribution < -0.4 is 5.32 Å². The van der Waals surface area contributed by atoms with Crippen molar-refractivity contribution in [3.63, 3.8) is 0 Å². The molecule has 2 unspecified atom stereocenters. The molecular weight excluding hydrogens is 150 g/mol. The molecule has 0 aromatic heterocycles. The zero-order valence-electron chi connectivity index (χ0n) is 8.21. The lowest BCUT2D eigenvalue weighted by Gasteiger charge is -2.18. The summed E-state index contributed by atoms with van der Waals surface area (Å²) in [5.74, 6) is 0.994. The van der Waals surface area contributed by atoms with Gasteiger partial charge >= 0.3 is 0 Å². The summed E-state index contributed by atoms with van der Waals surface area (Å²) in [4.78, 5) is 0. The van der Waals surface area contributed by atoms with Gasteiger partial charge in [-0.15, -0.1) is 0 Å². The van der Waals surface area contributed by atoms with E-state index in [1.165, 1.54) is 19.3 Å². The van der Waals surface area contributed by atoms with Crippen molar-refractivity contribution in [1.82, 2.24) is 5.32 Å². The van der Waals surface area contributed by atoms with Gasteiger partial charge in [-0.2, -0.15) is 0 Å². The number of aliphatic hydroxyl groups excluding tert-OH is 1. The summed E-state index contributed by atoms with van der Waals surface area (Å²) in [6, 6.07) is 1.09. The Balaban J connectivity index is 2.02. The van der Waals surface area contributed by atoms with E-state index in [1.807, 2.05) is 0 Å². The molecule has 0 spiro atoms. The van der Waals surface area contributed by atoms with Crippen LogP contribution in [0.2, 0.25) is 0 Å². The highest BCUT2D eigenvalue weighted by Crippen LogP contribution is 2.33. The summed E-state index contributed by atoms with van der Waals surface area (Å²) >= 11 is 0. The van der Waals surface area contributed by atoms with Gasteiger partial charge in [0.1, 0.15) is 0 Å². The lowest BCUT2D eigenvalue weighted by molar-refractivity contribution is 0.262. The fourth-order valence-corrected chi connectivity index (χ4v) is 1.68. The van der Waals surface area contributed by atoms with E-state index in [9.17, 15) is 0 Å². The summed E-state index contributed by atoms with van der Waals surface area (Å²) < 4.78 is 0. The topological polar surface area (TPSA) is 32.3 Å². The predicted octanol–water partition coefficient (Wildman–Crippen LogP) is 1.54. The van der Waals surface area contributed by atoms with Crippen LogP contribution in [-0.2, 0) is 0 Å². The Morgan fingerprint density at radius 2 is 2.00 bits per heavy atom. The van der Waals surface area contributed by atoms with E-state index in [4.69, 9.17) is 5.11 Å². The van der Waals surface area contributed by atoms with Gasteiger partial charge in [-0.1, -0.05) is 12.8 Å². The Labute approximate surface area is 75.4 Å². The first-order chi connectivity index (χ1) is 5.72. The second kappa shape index (κ2) is 4.83. The van der Waals surface area contributed by atoms with E-state index in [-0.39, 0.29) is 0 Å². The lowest BCUT2D eigenvalue weighted by Crippen LogP contribution is -2.35. The zero-order valence-corrected chi connectivity index (χ0v) is 8.21. The lowest BCUT2D eigenvalue weighted by atomic mass is 10.1. The largest absolute Gasteiger partial charge is 0.396 e. The molecule has 1 rings (SSSR count). The Morgan fingerprint density at radius 1 is 1.33 bits per heavy atom. The molecule has 2 nitrogen and oxygen atoms in total. The van der Waals surface area contributed by atoms with Crippen LogP contribution in [0.5, 0.6) is 0 Å². The smallest absolute Gasteiger partial charge is 0.0445 e. The first-order valence-electron chi connectivity index (χ1n) is 5.09. The van der Waals surface area contributed by atoms with Crippen molar-refractivity contribution in [2.75, 3.05) is 6.61 Å². The Hall–Kier alpha value is -0.0800. The van der Waals surface area contributed by atoms with E-state index in [2.05, 4.69) is 19.2 Å². The number of nitrogens with one attached hydrogen (secondary N) is 1. The summed E-state index contributed by atoms with van der Waals surface area (Å²) in [6.45, 7) is 4.68. The van der Waals surface area contributed by atoms with Crippen LogP contribution in [0.15, 0.2) is 0 Å². The fourth-order valence-electron chi connectivity index (χ4n) is 1.68. The van der Waals surface area contributed by atoms with Crippen molar-refractivity contribution in [3.05, 3.63) is 0 Å². The maximum atomic E-state index is 8.70. The molecule has 0 radical (unpaired) electrons. The van der Waals surface area contributed by atoms with E-state index in [0.29, 0.717) is 18.7 Å². The average Bonchev–Trinajstić information content (AvgIpc) is 2.71. The van der Waals surface area contributed by atoms with Crippen molar-refractivity contribution in [2.45, 2.75) is 51.6 Å². The number of aliphatic hydroxyl groups is 1. The number of hydrogen-bond donors (Lipinski definition) is 2. The SMILES string of the molecule is CC(CCO)NC(C)CC1CC1. The molecule has 0 saturated heterocycles. The fraction of sp³-hybridized carbons (Fsp3) is 1.00. The second-order valence-corrected chi connectivity index (χ2v) is 4.16. The summed E-state index contributed by atoms with van der Waals surface area (Å²) in [5, 5.41) is 12.2. The van der Waals surface area contributed by atoms with E-state index in [1.54, 1.807) is 0 Å². The molecule has 12 heavy (non-hydrogen) atoms. The van der Waals surface area contributed by atoms with Crippen LogP contribution in [0.25, 0.3) is 0 Å². The van der Waals surface area contributed by atoms with Crippen LogP contribution in [0.1, 0.15) is 39.5 Å². The molecule has 1 saturated carbocycles. The van der Waals surface area contributed by atoms with Crippen molar-refractivity contribution >= 4 is 0 Å². The molecule has 0 aliphatic heterocycles. The van der Waals surface area contributed by atoms with Gasteiger partial charge in [-0.05, 0) is 32.6 Å². The zero-order chi connectivity index (χ0) is 8.97. The Bertz CT molecular complexity index is 123. The molecule has 2 N–H and O–H groups in total. The van der Waals surface area contributed by atoms with Gasteiger partial charge in [0.15, 0.2) is 0 Å². The van der Waals surface area contributed by atoms with Gasteiger partial charge in [0, 0.05) is 18.7 Å². The minimum absolute atomic E-state index is 0.296. The highest BCUT2D eigenvalue weighted by Gasteiger charge is 2.23. The third-order valence-corrected chi connectivity index (χ3v) is 2.51. The maximum absolute atomic E-state index is 8.70. The Kier molecular flexibility index (Phi) is 4.02. The normalized spacial score (nSPS) is 22.2. The van der Waals surface area contributed by atoms with Crippen molar-refractivity contribution in [2.24, 2.45) is 5.92 Å². The molecule has 0 amide bonds. The maximum Gasteiger partial charge on any atom is 0.0445 e. The van der Waals surface area contributed by atoms with Crippen LogP contribution in [-0.4, -0.2) is 23.8 Å². The van der Waals surface area contributed by atoms with E-state index < -0.39 is 0 Å². The molecule has 0 aromatic carbocycles. The first-order valence-corrected chi connectivity index (χ1v) is 5.09. The van der Waals surface area contributed by atoms with Crippen LogP contribution in [0.3, 0.4) is 0 Å². The monoisotopic (exact) mass is 171 g/mol. The van der Waals surface area contributed by atoms with Crippen LogP contribution in [0, 0.1) is 5.92 Å². The standard InChI is InChI=1S/C10H21NO/c1-8(5-6-12)11-9(2)7-10-3-4-10/h8-12H,3-7H2,1-2H3. The molecule has 72 valence electrons. The van der Waals surface area contributed by atoms with Gasteiger partial charge in [0.05, 0.1) is 0 Å². The highest BCUT2D eigenvalue weighted by atomic mass is 16.3. The van der Waals surface area contributed by atoms with Crippen LogP contribution >= 0.6 is 0 Å². The minimum atomic E-state index is 0.296. The molecule has 2 heteroatoms. The van der Waals surface area contributed by atoms with Crippen molar-refractivity contribution < 1.29 is 5.11 Å². The quantitative estimate of drug-likeness (QED) is 0.635. The van der Waals surface area contributed by atoms with Crippen molar-refractivity contribution in [3.8, 4) is 0 Å². The third kappa shape index (κ3) is 4.07. The average molecular weight is 171 g/mol. The van der Waals surface area contributed by atoms with Gasteiger partial charge in [0.2, 0.25) is 0 Å². The molecule has 1 aliphatic rings. The molecule has 2 atom stereocenters. The van der Waals surface area contributed by atoms with E-state index in [0.717, 1.165) is 12.3 Å². The number of hydrogen-bond acceptors (Lipinski definition) is 2. The summed E-state index contributed by atoms with van der Waals surface area (Å²) in [6.07, 6.45) is 5.05. The molecule has 0 bridgehead atoms. The minimum Gasteiger partial charge on any atom is -0.396 e. The first kappa shape index (κ1) is 10.0. The van der Waals surface area contributed by atoms with E-state index >= 15 is 0 Å². The summed E-state index contributed by atoms with van der Waals surface area (Å²) in [7, 11) is 0. The number of rotatable bonds is 6. The third-order valence-electron chi connectivity index (χ3n) is 2.51. The van der Waals surface area contributed by atoms with Gasteiger partial charge < -0.3 is 10.4 Å². The summed E-state index contributed by atoms with van der Waals surface area (Å²) in [5.41, 5.74) is 0. The molecule has 0 heterocycles. The van der Waals surface area contributed by atoms with Crippen molar-refractivity contribution in [1.29, 1.82) is 0 Å². The molecule has 1 aliphatic carbocycles. The highest BCUT2D eigenvalue weighted by molar-refractivity contribution is 4.79. The van der Waals surface area contributed by atoms with Gasteiger partial charge in [-0.25, -0.2) is 0 Å². The van der Waals surface area contributed by atoms with Gasteiger partial charge in [0.25, 0.3) is 0 Å². The molecule has 0 aromatic rings.